The second-order valence-corrected chi connectivity index (χ2v) is 1.04. The Labute approximate surface area is 40.3 Å². The van der Waals surface area contributed by atoms with Gasteiger partial charge in [0.15, 0.2) is 0 Å². The lowest BCUT2D eigenvalue weighted by Crippen LogP contribution is -1.99. The Kier molecular flexibility index (Phi) is 2.05. The summed E-state index contributed by atoms with van der Waals surface area (Å²) in [6, 6.07) is 0. The van der Waals surface area contributed by atoms with E-state index in [2.05, 4.69) is 6.58 Å². The standard InChI is InChI=1S/C4H5FO2/c1-3(2-5)4(6)7/h1-2H2,(H,6,7). The summed E-state index contributed by atoms with van der Waals surface area (Å²) in [5, 5.41) is 7.84. The van der Waals surface area contributed by atoms with E-state index in [9.17, 15) is 9.18 Å². The van der Waals surface area contributed by atoms with Gasteiger partial charge in [0.05, 0.1) is 5.57 Å². The molecule has 0 fully saturated rings. The Morgan fingerprint density at radius 2 is 2.29 bits per heavy atom. The molecule has 0 aliphatic rings. The molecule has 0 atom stereocenters. The molecular formula is C4H5FO2. The molecule has 0 aromatic carbocycles. The molecule has 0 heterocycles. The maximum atomic E-state index is 11.2. The second-order valence-electron chi connectivity index (χ2n) is 1.04. The van der Waals surface area contributed by atoms with E-state index < -0.39 is 18.2 Å². The molecule has 0 aliphatic heterocycles. The molecular weight excluding hydrogens is 99.0 g/mol. The van der Waals surface area contributed by atoms with Gasteiger partial charge in [-0.05, 0) is 0 Å². The Hall–Kier alpha value is -0.860. The molecule has 0 saturated heterocycles. The molecule has 1 N–H and O–H groups in total. The highest BCUT2D eigenvalue weighted by Gasteiger charge is 1.99. The summed E-state index contributed by atoms with van der Waals surface area (Å²) in [4.78, 5) is 9.59. The van der Waals surface area contributed by atoms with Gasteiger partial charge in [-0.2, -0.15) is 0 Å². The molecule has 7 heavy (non-hydrogen) atoms. The molecule has 0 amide bonds. The van der Waals surface area contributed by atoms with Crippen LogP contribution in [0, 0.1) is 0 Å². The van der Waals surface area contributed by atoms with E-state index >= 15 is 0 Å². The summed E-state index contributed by atoms with van der Waals surface area (Å²) in [5.41, 5.74) is -0.403. The Morgan fingerprint density at radius 3 is 2.29 bits per heavy atom. The molecule has 2 nitrogen and oxygen atoms in total. The van der Waals surface area contributed by atoms with Gasteiger partial charge in [0.1, 0.15) is 6.67 Å². The van der Waals surface area contributed by atoms with Crippen LogP contribution in [0.5, 0.6) is 0 Å². The van der Waals surface area contributed by atoms with Crippen LogP contribution >= 0.6 is 0 Å². The molecule has 3 heteroatoms. The SMILES string of the molecule is C=C(CF)C(=O)O. The van der Waals surface area contributed by atoms with Gasteiger partial charge in [-0.15, -0.1) is 0 Å². The molecule has 0 aromatic heterocycles. The van der Waals surface area contributed by atoms with Gasteiger partial charge in [-0.1, -0.05) is 6.58 Å². The van der Waals surface area contributed by atoms with Crippen molar-refractivity contribution in [3.05, 3.63) is 12.2 Å². The first-order valence-electron chi connectivity index (χ1n) is 1.65. The van der Waals surface area contributed by atoms with Crippen LogP contribution in [0.4, 0.5) is 4.39 Å². The van der Waals surface area contributed by atoms with Gasteiger partial charge in [0, 0.05) is 0 Å². The Morgan fingerprint density at radius 1 is 1.86 bits per heavy atom. The highest BCUT2D eigenvalue weighted by molar-refractivity contribution is 5.85. The van der Waals surface area contributed by atoms with E-state index in [0.29, 0.717) is 0 Å². The average molecular weight is 104 g/mol. The summed E-state index contributed by atoms with van der Waals surface area (Å²) in [6.45, 7) is 1.92. The van der Waals surface area contributed by atoms with E-state index in [4.69, 9.17) is 5.11 Å². The zero-order valence-electron chi connectivity index (χ0n) is 3.65. The summed E-state index contributed by atoms with van der Waals surface area (Å²) >= 11 is 0. The zero-order valence-corrected chi connectivity index (χ0v) is 3.65. The van der Waals surface area contributed by atoms with Crippen LogP contribution in [0.15, 0.2) is 12.2 Å². The average Bonchev–Trinajstić information content (AvgIpc) is 1.65. The first-order chi connectivity index (χ1) is 3.18. The van der Waals surface area contributed by atoms with E-state index in [-0.39, 0.29) is 0 Å². The molecule has 0 bridgehead atoms. The number of carboxylic acids is 1. The van der Waals surface area contributed by atoms with Gasteiger partial charge in [0.2, 0.25) is 0 Å². The van der Waals surface area contributed by atoms with Crippen LogP contribution in [-0.2, 0) is 4.79 Å². The zero-order chi connectivity index (χ0) is 5.86. The number of halogens is 1. The lowest BCUT2D eigenvalue weighted by molar-refractivity contribution is -0.132. The summed E-state index contributed by atoms with van der Waals surface area (Å²) in [5.74, 6) is -1.28. The van der Waals surface area contributed by atoms with Gasteiger partial charge < -0.3 is 5.11 Å². The third-order valence-corrected chi connectivity index (χ3v) is 0.464. The fourth-order valence-electron chi connectivity index (χ4n) is 0.0572. The fraction of sp³-hybridized carbons (Fsp3) is 0.250. The fourth-order valence-corrected chi connectivity index (χ4v) is 0.0572. The van der Waals surface area contributed by atoms with Gasteiger partial charge in [-0.3, -0.25) is 0 Å². The molecule has 0 radical (unpaired) electrons. The van der Waals surface area contributed by atoms with E-state index in [1.807, 2.05) is 0 Å². The lowest BCUT2D eigenvalue weighted by Gasteiger charge is -1.85. The van der Waals surface area contributed by atoms with Gasteiger partial charge in [-0.25, -0.2) is 9.18 Å². The van der Waals surface area contributed by atoms with E-state index in [0.717, 1.165) is 0 Å². The first kappa shape index (κ1) is 6.14. The van der Waals surface area contributed by atoms with Crippen LogP contribution in [0.3, 0.4) is 0 Å². The number of rotatable bonds is 2. The number of aliphatic carboxylic acids is 1. The number of carboxylic acid groups (broad SMARTS) is 1. The number of hydrogen-bond donors (Lipinski definition) is 1. The highest BCUT2D eigenvalue weighted by Crippen LogP contribution is 1.87. The largest absolute Gasteiger partial charge is 0.478 e. The van der Waals surface area contributed by atoms with Crippen molar-refractivity contribution in [3.8, 4) is 0 Å². The maximum Gasteiger partial charge on any atom is 0.333 e. The van der Waals surface area contributed by atoms with Crippen LogP contribution < -0.4 is 0 Å². The van der Waals surface area contributed by atoms with Gasteiger partial charge in [0.25, 0.3) is 0 Å². The van der Waals surface area contributed by atoms with Crippen molar-refractivity contribution in [2.45, 2.75) is 0 Å². The second kappa shape index (κ2) is 2.34. The minimum absolute atomic E-state index is 0.403. The van der Waals surface area contributed by atoms with E-state index in [1.54, 1.807) is 0 Å². The van der Waals surface area contributed by atoms with Crippen molar-refractivity contribution >= 4 is 5.97 Å². The molecule has 0 aromatic rings. The van der Waals surface area contributed by atoms with Crippen molar-refractivity contribution in [2.24, 2.45) is 0 Å². The number of carbonyl (C=O) groups is 1. The topological polar surface area (TPSA) is 37.3 Å². The quantitative estimate of drug-likeness (QED) is 0.521. The van der Waals surface area contributed by atoms with Crippen LogP contribution in [0.2, 0.25) is 0 Å². The van der Waals surface area contributed by atoms with Crippen molar-refractivity contribution in [2.75, 3.05) is 6.67 Å². The summed E-state index contributed by atoms with van der Waals surface area (Å²) in [6.07, 6.45) is 0. The summed E-state index contributed by atoms with van der Waals surface area (Å²) < 4.78 is 11.2. The summed E-state index contributed by atoms with van der Waals surface area (Å²) in [7, 11) is 0. The first-order valence-corrected chi connectivity index (χ1v) is 1.65. The number of hydrogen-bond acceptors (Lipinski definition) is 1. The van der Waals surface area contributed by atoms with Crippen molar-refractivity contribution < 1.29 is 14.3 Å². The minimum atomic E-state index is -1.28. The number of alkyl halides is 1. The molecule has 0 rings (SSSR count). The van der Waals surface area contributed by atoms with Crippen molar-refractivity contribution in [3.63, 3.8) is 0 Å². The van der Waals surface area contributed by atoms with Crippen molar-refractivity contribution in [1.82, 2.24) is 0 Å². The lowest BCUT2D eigenvalue weighted by atomic mass is 10.3. The van der Waals surface area contributed by atoms with Crippen LogP contribution in [0.1, 0.15) is 0 Å². The minimum Gasteiger partial charge on any atom is -0.478 e. The monoisotopic (exact) mass is 104 g/mol. The predicted octanol–water partition coefficient (Wildman–Crippen LogP) is 0.597. The maximum absolute atomic E-state index is 11.2. The molecule has 0 spiro atoms. The van der Waals surface area contributed by atoms with E-state index in [1.165, 1.54) is 0 Å². The van der Waals surface area contributed by atoms with Crippen LogP contribution in [0.25, 0.3) is 0 Å². The molecule has 40 valence electrons. The predicted molar refractivity (Wildman–Crippen MR) is 22.8 cm³/mol. The smallest absolute Gasteiger partial charge is 0.333 e. The Bertz CT molecular complexity index is 97.9. The third kappa shape index (κ3) is 1.92. The normalized spacial score (nSPS) is 8.14. The van der Waals surface area contributed by atoms with Crippen molar-refractivity contribution in [1.29, 1.82) is 0 Å². The van der Waals surface area contributed by atoms with Crippen LogP contribution in [-0.4, -0.2) is 17.8 Å². The third-order valence-electron chi connectivity index (χ3n) is 0.464. The molecule has 0 unspecified atom stereocenters. The molecule has 0 aliphatic carbocycles. The highest BCUT2D eigenvalue weighted by atomic mass is 19.1. The molecule has 0 saturated carbocycles. The Balaban J connectivity index is 3.58. The van der Waals surface area contributed by atoms with Gasteiger partial charge >= 0.3 is 5.97 Å².